The van der Waals surface area contributed by atoms with Crippen molar-refractivity contribution in [1.82, 2.24) is 14.8 Å². The predicted molar refractivity (Wildman–Crippen MR) is 110 cm³/mol. The predicted octanol–water partition coefficient (Wildman–Crippen LogP) is 6.00. The topological polar surface area (TPSA) is 67.6 Å². The highest BCUT2D eigenvalue weighted by Crippen LogP contribution is 2.32. The molecule has 2 heterocycles. The third-order valence-corrected chi connectivity index (χ3v) is 5.70. The van der Waals surface area contributed by atoms with Crippen molar-refractivity contribution >= 4 is 35.0 Å². The van der Waals surface area contributed by atoms with Gasteiger partial charge >= 0.3 is 0 Å². The van der Waals surface area contributed by atoms with Gasteiger partial charge in [-0.3, -0.25) is 4.57 Å². The first-order valence-corrected chi connectivity index (χ1v) is 9.96. The fourth-order valence-electron chi connectivity index (χ4n) is 2.66. The number of hydrogen-bond donors (Lipinski definition) is 0. The Morgan fingerprint density at radius 2 is 1.93 bits per heavy atom. The molecular weight excluding hydrogens is 415 g/mol. The van der Waals surface area contributed by atoms with E-state index in [-0.39, 0.29) is 0 Å². The summed E-state index contributed by atoms with van der Waals surface area (Å²) in [5.41, 5.74) is 2.42. The van der Waals surface area contributed by atoms with Crippen molar-refractivity contribution in [3.05, 3.63) is 82.0 Å². The lowest BCUT2D eigenvalue weighted by Crippen LogP contribution is -1.99. The molecule has 2 aromatic heterocycles. The lowest BCUT2D eigenvalue weighted by atomic mass is 10.2. The molecular formula is C20H12Cl2N4OS. The Morgan fingerprint density at radius 1 is 1.04 bits per heavy atom. The monoisotopic (exact) mass is 426 g/mol. The van der Waals surface area contributed by atoms with Crippen LogP contribution in [0.3, 0.4) is 0 Å². The van der Waals surface area contributed by atoms with E-state index in [4.69, 9.17) is 32.9 Å². The summed E-state index contributed by atoms with van der Waals surface area (Å²) in [7, 11) is 0. The van der Waals surface area contributed by atoms with Gasteiger partial charge in [-0.05, 0) is 48.0 Å². The van der Waals surface area contributed by atoms with Crippen LogP contribution in [-0.4, -0.2) is 14.8 Å². The largest absolute Gasteiger partial charge is 0.461 e. The van der Waals surface area contributed by atoms with E-state index in [0.717, 1.165) is 11.3 Å². The van der Waals surface area contributed by atoms with Gasteiger partial charge in [0.05, 0.1) is 33.6 Å². The molecule has 0 unspecified atom stereocenters. The van der Waals surface area contributed by atoms with Gasteiger partial charge in [0, 0.05) is 5.75 Å². The second-order valence-electron chi connectivity index (χ2n) is 5.82. The zero-order valence-electron chi connectivity index (χ0n) is 14.3. The fraction of sp³-hybridized carbons (Fsp3) is 0.0500. The maximum absolute atomic E-state index is 9.08. The van der Waals surface area contributed by atoms with Crippen LogP contribution >= 0.6 is 35.0 Å². The zero-order valence-corrected chi connectivity index (χ0v) is 16.7. The molecule has 0 saturated heterocycles. The second kappa shape index (κ2) is 8.11. The van der Waals surface area contributed by atoms with Gasteiger partial charge in [-0.25, -0.2) is 0 Å². The molecule has 0 saturated carbocycles. The van der Waals surface area contributed by atoms with E-state index >= 15 is 0 Å². The second-order valence-corrected chi connectivity index (χ2v) is 7.58. The van der Waals surface area contributed by atoms with E-state index in [0.29, 0.717) is 38.1 Å². The summed E-state index contributed by atoms with van der Waals surface area (Å²) in [5.74, 6) is 1.79. The number of rotatable bonds is 5. The first kappa shape index (κ1) is 18.6. The Morgan fingerprint density at radius 3 is 2.68 bits per heavy atom. The molecule has 4 aromatic rings. The van der Waals surface area contributed by atoms with E-state index < -0.39 is 0 Å². The van der Waals surface area contributed by atoms with Crippen molar-refractivity contribution in [2.45, 2.75) is 10.9 Å². The van der Waals surface area contributed by atoms with Gasteiger partial charge in [0.2, 0.25) is 5.82 Å². The fourth-order valence-corrected chi connectivity index (χ4v) is 3.85. The average molecular weight is 427 g/mol. The Balaban J connectivity index is 1.73. The lowest BCUT2D eigenvalue weighted by molar-refractivity contribution is 0.575. The highest BCUT2D eigenvalue weighted by Gasteiger charge is 2.18. The summed E-state index contributed by atoms with van der Waals surface area (Å²) in [4.78, 5) is 0. The number of thioether (sulfide) groups is 1. The van der Waals surface area contributed by atoms with Gasteiger partial charge in [0.1, 0.15) is 0 Å². The third kappa shape index (κ3) is 3.78. The van der Waals surface area contributed by atoms with Crippen molar-refractivity contribution in [2.75, 3.05) is 0 Å². The maximum atomic E-state index is 9.08. The number of hydrogen-bond acceptors (Lipinski definition) is 5. The quantitative estimate of drug-likeness (QED) is 0.366. The summed E-state index contributed by atoms with van der Waals surface area (Å²) < 4.78 is 7.39. The third-order valence-electron chi connectivity index (χ3n) is 3.96. The molecule has 0 N–H and O–H groups in total. The van der Waals surface area contributed by atoms with Crippen LogP contribution in [0.25, 0.3) is 17.3 Å². The molecule has 28 heavy (non-hydrogen) atoms. The standard InChI is InChI=1S/C20H12Cl2N4OS/c21-16-7-6-15(10-17(16)22)26-19(18-5-2-8-27-18)24-25-20(26)28-12-14-4-1-3-13(9-14)11-23/h1-10H,12H2. The Kier molecular flexibility index (Phi) is 5.40. The normalized spacial score (nSPS) is 10.8. The van der Waals surface area contributed by atoms with Crippen molar-refractivity contribution in [1.29, 1.82) is 5.26 Å². The van der Waals surface area contributed by atoms with Crippen molar-refractivity contribution in [2.24, 2.45) is 0 Å². The Bertz CT molecular complexity index is 1170. The molecule has 0 amide bonds. The molecule has 0 fully saturated rings. The summed E-state index contributed by atoms with van der Waals surface area (Å²) in [6, 6.07) is 18.6. The number of halogens is 2. The number of benzene rings is 2. The minimum atomic E-state index is 0.441. The van der Waals surface area contributed by atoms with Crippen LogP contribution in [0.4, 0.5) is 0 Å². The van der Waals surface area contributed by atoms with Crippen molar-refractivity contribution in [3.63, 3.8) is 0 Å². The first-order chi connectivity index (χ1) is 13.7. The minimum Gasteiger partial charge on any atom is -0.461 e. The summed E-state index contributed by atoms with van der Waals surface area (Å²) in [6.07, 6.45) is 1.59. The van der Waals surface area contributed by atoms with Gasteiger partial charge < -0.3 is 4.42 Å². The van der Waals surface area contributed by atoms with E-state index in [1.54, 1.807) is 30.5 Å². The zero-order chi connectivity index (χ0) is 19.5. The smallest absolute Gasteiger partial charge is 0.205 e. The van der Waals surface area contributed by atoms with Gasteiger partial charge in [-0.2, -0.15) is 5.26 Å². The number of nitriles is 1. The van der Waals surface area contributed by atoms with Gasteiger partial charge in [0.25, 0.3) is 0 Å². The number of furan rings is 1. The Labute approximate surface area is 175 Å². The SMILES string of the molecule is N#Cc1cccc(CSc2nnc(-c3ccco3)n2-c2ccc(Cl)c(Cl)c2)c1. The number of aromatic nitrogens is 3. The van der Waals surface area contributed by atoms with Crippen LogP contribution < -0.4 is 0 Å². The molecule has 0 radical (unpaired) electrons. The van der Waals surface area contributed by atoms with Gasteiger partial charge in [-0.15, -0.1) is 10.2 Å². The molecule has 138 valence electrons. The molecule has 0 aliphatic carbocycles. The van der Waals surface area contributed by atoms with E-state index in [1.807, 2.05) is 34.9 Å². The molecule has 0 aliphatic heterocycles. The minimum absolute atomic E-state index is 0.441. The average Bonchev–Trinajstić information content (AvgIpc) is 3.38. The molecule has 0 spiro atoms. The molecule has 8 heteroatoms. The van der Waals surface area contributed by atoms with Crippen LogP contribution in [-0.2, 0) is 5.75 Å². The number of nitrogens with zero attached hydrogens (tertiary/aromatic N) is 4. The first-order valence-electron chi connectivity index (χ1n) is 8.22. The maximum Gasteiger partial charge on any atom is 0.205 e. The van der Waals surface area contributed by atoms with E-state index in [2.05, 4.69) is 16.3 Å². The molecule has 2 aromatic carbocycles. The van der Waals surface area contributed by atoms with Gasteiger partial charge in [-0.1, -0.05) is 47.1 Å². The Hall–Kier alpha value is -2.72. The summed E-state index contributed by atoms with van der Waals surface area (Å²) >= 11 is 13.8. The highest BCUT2D eigenvalue weighted by atomic mass is 35.5. The van der Waals surface area contributed by atoms with Crippen molar-refractivity contribution in [3.8, 4) is 23.3 Å². The molecule has 4 rings (SSSR count). The van der Waals surface area contributed by atoms with Crippen LogP contribution in [0, 0.1) is 11.3 Å². The van der Waals surface area contributed by atoms with Crippen LogP contribution in [0.2, 0.25) is 10.0 Å². The van der Waals surface area contributed by atoms with E-state index in [1.165, 1.54) is 11.8 Å². The van der Waals surface area contributed by atoms with Crippen LogP contribution in [0.1, 0.15) is 11.1 Å². The molecule has 5 nitrogen and oxygen atoms in total. The van der Waals surface area contributed by atoms with Gasteiger partial charge in [0.15, 0.2) is 10.9 Å². The van der Waals surface area contributed by atoms with Crippen LogP contribution in [0.15, 0.2) is 70.4 Å². The van der Waals surface area contributed by atoms with Crippen LogP contribution in [0.5, 0.6) is 0 Å². The van der Waals surface area contributed by atoms with Crippen molar-refractivity contribution < 1.29 is 4.42 Å². The summed E-state index contributed by atoms with van der Waals surface area (Å²) in [6.45, 7) is 0. The lowest BCUT2D eigenvalue weighted by Gasteiger charge is -2.10. The molecule has 0 atom stereocenters. The highest BCUT2D eigenvalue weighted by molar-refractivity contribution is 7.98. The summed E-state index contributed by atoms with van der Waals surface area (Å²) in [5, 5.41) is 19.3. The van der Waals surface area contributed by atoms with E-state index in [9.17, 15) is 0 Å². The molecule has 0 aliphatic rings. The molecule has 0 bridgehead atoms.